The molecule has 0 radical (unpaired) electrons. The summed E-state index contributed by atoms with van der Waals surface area (Å²) in [5.41, 5.74) is 0.759. The molecule has 0 aromatic heterocycles. The molecule has 3 aliphatic carbocycles. The SMILES string of the molecule is O=C(/C=C/c1ccc(OC(=O)C2CCC(C3CCC(CCCC(F)(F)F)CC3)CC2)cc1)OC1CCC(N2C(=O)C=CC2=O)CC1. The Bertz CT molecular complexity index is 1260. The third-order valence-electron chi connectivity index (χ3n) is 10.4. The number of nitrogens with zero attached hydrogens (tertiary/aromatic N) is 1. The van der Waals surface area contributed by atoms with E-state index in [4.69, 9.17) is 9.47 Å². The number of ether oxygens (including phenoxy) is 2. The number of hydrogen-bond donors (Lipinski definition) is 0. The minimum atomic E-state index is -4.06. The molecule has 1 aliphatic heterocycles. The summed E-state index contributed by atoms with van der Waals surface area (Å²) in [5.74, 6) is 0.684. The second-order valence-corrected chi connectivity index (χ2v) is 13.5. The topological polar surface area (TPSA) is 90.0 Å². The van der Waals surface area contributed by atoms with Crippen LogP contribution in [0, 0.1) is 23.7 Å². The molecule has 250 valence electrons. The monoisotopic (exact) mass is 643 g/mol. The first-order chi connectivity index (χ1) is 22.0. The van der Waals surface area contributed by atoms with Crippen molar-refractivity contribution >= 4 is 29.8 Å². The van der Waals surface area contributed by atoms with E-state index in [1.165, 1.54) is 23.1 Å². The summed E-state index contributed by atoms with van der Waals surface area (Å²) in [6.45, 7) is 0. The van der Waals surface area contributed by atoms with Gasteiger partial charge in [-0.15, -0.1) is 0 Å². The maximum absolute atomic E-state index is 12.9. The predicted octanol–water partition coefficient (Wildman–Crippen LogP) is 7.73. The van der Waals surface area contributed by atoms with Crippen molar-refractivity contribution in [3.05, 3.63) is 48.1 Å². The first kappa shape index (κ1) is 33.9. The van der Waals surface area contributed by atoms with Crippen molar-refractivity contribution in [3.8, 4) is 5.75 Å². The minimum absolute atomic E-state index is 0.132. The zero-order valence-electron chi connectivity index (χ0n) is 26.2. The average molecular weight is 644 g/mol. The second kappa shape index (κ2) is 15.4. The summed E-state index contributed by atoms with van der Waals surface area (Å²) >= 11 is 0. The molecule has 0 spiro atoms. The number of amides is 2. The Balaban J connectivity index is 0.972. The van der Waals surface area contributed by atoms with E-state index >= 15 is 0 Å². The predicted molar refractivity (Wildman–Crippen MR) is 165 cm³/mol. The van der Waals surface area contributed by atoms with Gasteiger partial charge in [0.25, 0.3) is 11.8 Å². The lowest BCUT2D eigenvalue weighted by Crippen LogP contribution is -2.43. The normalized spacial score (nSPS) is 28.9. The number of hydrogen-bond acceptors (Lipinski definition) is 6. The molecule has 3 saturated carbocycles. The van der Waals surface area contributed by atoms with Crippen molar-refractivity contribution in [2.75, 3.05) is 0 Å². The van der Waals surface area contributed by atoms with Crippen LogP contribution in [0.3, 0.4) is 0 Å². The van der Waals surface area contributed by atoms with Gasteiger partial charge in [-0.1, -0.05) is 31.4 Å². The zero-order valence-corrected chi connectivity index (χ0v) is 26.2. The number of rotatable bonds is 10. The van der Waals surface area contributed by atoms with Gasteiger partial charge in [0.1, 0.15) is 11.9 Å². The third kappa shape index (κ3) is 9.55. The maximum atomic E-state index is 12.9. The van der Waals surface area contributed by atoms with Crippen molar-refractivity contribution in [2.24, 2.45) is 23.7 Å². The van der Waals surface area contributed by atoms with Crippen molar-refractivity contribution in [1.82, 2.24) is 4.90 Å². The number of alkyl halides is 3. The molecule has 1 aromatic rings. The molecule has 0 saturated heterocycles. The molecule has 0 atom stereocenters. The number of carbonyl (C=O) groups is 4. The molecule has 1 aromatic carbocycles. The molecule has 10 heteroatoms. The Morgan fingerprint density at radius 2 is 1.39 bits per heavy atom. The van der Waals surface area contributed by atoms with E-state index in [9.17, 15) is 32.3 Å². The summed E-state index contributed by atoms with van der Waals surface area (Å²) in [6, 6.07) is 6.80. The highest BCUT2D eigenvalue weighted by Gasteiger charge is 2.36. The van der Waals surface area contributed by atoms with Gasteiger partial charge >= 0.3 is 18.1 Å². The first-order valence-electron chi connectivity index (χ1n) is 16.9. The van der Waals surface area contributed by atoms with Gasteiger partial charge in [-0.05, 0) is 112 Å². The van der Waals surface area contributed by atoms with Crippen LogP contribution in [0.4, 0.5) is 13.2 Å². The van der Waals surface area contributed by atoms with E-state index in [1.807, 2.05) is 0 Å². The van der Waals surface area contributed by atoms with Crippen LogP contribution in [0.1, 0.15) is 102 Å². The van der Waals surface area contributed by atoms with Crippen LogP contribution < -0.4 is 4.74 Å². The van der Waals surface area contributed by atoms with Crippen LogP contribution in [0.25, 0.3) is 6.08 Å². The molecule has 1 heterocycles. The summed E-state index contributed by atoms with van der Waals surface area (Å²) in [6.07, 6.45) is 11.6. The fourth-order valence-corrected chi connectivity index (χ4v) is 7.77. The molecule has 46 heavy (non-hydrogen) atoms. The molecular formula is C36H44F3NO6. The summed E-state index contributed by atoms with van der Waals surface area (Å²) in [4.78, 5) is 50.3. The van der Waals surface area contributed by atoms with Crippen LogP contribution in [-0.2, 0) is 23.9 Å². The lowest BCUT2D eigenvalue weighted by Gasteiger charge is -2.37. The second-order valence-electron chi connectivity index (χ2n) is 13.5. The van der Waals surface area contributed by atoms with Gasteiger partial charge < -0.3 is 9.47 Å². The van der Waals surface area contributed by atoms with Gasteiger partial charge in [-0.25, -0.2) is 4.79 Å². The largest absolute Gasteiger partial charge is 0.459 e. The Morgan fingerprint density at radius 3 is 1.98 bits per heavy atom. The highest BCUT2D eigenvalue weighted by molar-refractivity contribution is 6.13. The van der Waals surface area contributed by atoms with E-state index in [0.29, 0.717) is 55.6 Å². The van der Waals surface area contributed by atoms with Gasteiger partial charge in [-0.3, -0.25) is 19.3 Å². The average Bonchev–Trinajstić information content (AvgIpc) is 3.38. The summed E-state index contributed by atoms with van der Waals surface area (Å²) < 4.78 is 48.6. The van der Waals surface area contributed by atoms with Crippen molar-refractivity contribution in [2.45, 2.75) is 115 Å². The summed E-state index contributed by atoms with van der Waals surface area (Å²) in [7, 11) is 0. The number of carbonyl (C=O) groups excluding carboxylic acids is 4. The van der Waals surface area contributed by atoms with E-state index in [2.05, 4.69) is 0 Å². The molecule has 0 N–H and O–H groups in total. The molecule has 4 aliphatic rings. The van der Waals surface area contributed by atoms with Crippen LogP contribution in [0.2, 0.25) is 0 Å². The Labute approximate surface area is 268 Å². The van der Waals surface area contributed by atoms with E-state index in [0.717, 1.165) is 56.9 Å². The van der Waals surface area contributed by atoms with Gasteiger partial charge in [-0.2, -0.15) is 13.2 Å². The van der Waals surface area contributed by atoms with E-state index < -0.39 is 18.6 Å². The molecule has 3 fully saturated rings. The van der Waals surface area contributed by atoms with Crippen molar-refractivity contribution in [1.29, 1.82) is 0 Å². The quantitative estimate of drug-likeness (QED) is 0.112. The Kier molecular flexibility index (Phi) is 11.4. The van der Waals surface area contributed by atoms with Crippen LogP contribution in [0.5, 0.6) is 5.75 Å². The third-order valence-corrected chi connectivity index (χ3v) is 10.4. The molecular weight excluding hydrogens is 599 g/mol. The molecule has 5 rings (SSSR count). The Hall–Kier alpha value is -3.43. The number of esters is 2. The van der Waals surface area contributed by atoms with Gasteiger partial charge in [0.05, 0.1) is 5.92 Å². The minimum Gasteiger partial charge on any atom is -0.459 e. The standard InChI is InChI=1S/C36H44F3NO6/c37-36(38,39)23-1-2-24-3-8-26(9-4-24)27-10-12-28(13-11-27)35(44)46-31-16-5-25(6-17-31)7-22-34(43)45-30-18-14-29(15-19-30)40-32(41)20-21-33(40)42/h5-7,16-17,20-22,24,26-30H,1-4,8-15,18-19,23H2/b22-7+. The number of halogens is 3. The molecule has 0 unspecified atom stereocenters. The van der Waals surface area contributed by atoms with Gasteiger partial charge in [0.15, 0.2) is 0 Å². The summed E-state index contributed by atoms with van der Waals surface area (Å²) in [5, 5.41) is 0. The number of benzene rings is 1. The highest BCUT2D eigenvalue weighted by Crippen LogP contribution is 2.43. The van der Waals surface area contributed by atoms with Crippen molar-refractivity contribution in [3.63, 3.8) is 0 Å². The lowest BCUT2D eigenvalue weighted by molar-refractivity contribution is -0.148. The fraction of sp³-hybridized carbons (Fsp3) is 0.611. The van der Waals surface area contributed by atoms with Crippen LogP contribution >= 0.6 is 0 Å². The fourth-order valence-electron chi connectivity index (χ4n) is 7.77. The Morgan fingerprint density at radius 1 is 0.804 bits per heavy atom. The molecule has 2 amide bonds. The number of imide groups is 1. The highest BCUT2D eigenvalue weighted by atomic mass is 19.4. The lowest BCUT2D eigenvalue weighted by atomic mass is 9.68. The van der Waals surface area contributed by atoms with Crippen LogP contribution in [0.15, 0.2) is 42.5 Å². The maximum Gasteiger partial charge on any atom is 0.389 e. The van der Waals surface area contributed by atoms with Gasteiger partial charge in [0, 0.05) is 30.7 Å². The van der Waals surface area contributed by atoms with E-state index in [-0.39, 0.29) is 42.3 Å². The molecule has 7 nitrogen and oxygen atoms in total. The van der Waals surface area contributed by atoms with Crippen LogP contribution in [-0.4, -0.2) is 47.0 Å². The van der Waals surface area contributed by atoms with Gasteiger partial charge in [0.2, 0.25) is 0 Å². The zero-order chi connectivity index (χ0) is 32.7. The van der Waals surface area contributed by atoms with Crippen molar-refractivity contribution < 1.29 is 41.8 Å². The smallest absolute Gasteiger partial charge is 0.389 e. The van der Waals surface area contributed by atoms with E-state index in [1.54, 1.807) is 30.3 Å². The first-order valence-corrected chi connectivity index (χ1v) is 16.9. The molecule has 0 bridgehead atoms.